The Hall–Kier alpha value is -3.14. The zero-order chi connectivity index (χ0) is 22.8. The lowest BCUT2D eigenvalue weighted by Crippen LogP contribution is -2.27. The standard InChI is InChI=1S/C27H35N3O/c1-7-12-22(18-28-21(6)31)15-16-25-23-13-10-11-14-24(23)26(9-3)30-27(25)17-20(5)29-19(4)8-2/h7-14,22,25,27-28,31H,2-3,5-6,15-18H2,1,4H3/b12-7-,29-19+. The molecule has 3 atom stereocenters. The molecule has 0 saturated heterocycles. The topological polar surface area (TPSA) is 57.0 Å². The van der Waals surface area contributed by atoms with Gasteiger partial charge >= 0.3 is 0 Å². The van der Waals surface area contributed by atoms with E-state index in [9.17, 15) is 5.11 Å². The summed E-state index contributed by atoms with van der Waals surface area (Å²) in [7, 11) is 0. The molecule has 2 rings (SSSR count). The van der Waals surface area contributed by atoms with Crippen LogP contribution in [0.2, 0.25) is 0 Å². The second kappa shape index (κ2) is 11.9. The van der Waals surface area contributed by atoms with Crippen LogP contribution >= 0.6 is 0 Å². The molecule has 0 spiro atoms. The average molecular weight is 418 g/mol. The molecule has 0 aromatic heterocycles. The van der Waals surface area contributed by atoms with Crippen molar-refractivity contribution in [1.82, 2.24) is 5.32 Å². The Bertz CT molecular complexity index is 907. The van der Waals surface area contributed by atoms with Crippen molar-refractivity contribution in [2.75, 3.05) is 6.54 Å². The average Bonchev–Trinajstić information content (AvgIpc) is 2.75. The third kappa shape index (κ3) is 6.95. The highest BCUT2D eigenvalue weighted by Gasteiger charge is 2.30. The van der Waals surface area contributed by atoms with Crippen molar-refractivity contribution in [1.29, 1.82) is 0 Å². The first kappa shape index (κ1) is 24.1. The molecule has 4 heteroatoms. The van der Waals surface area contributed by atoms with Crippen molar-refractivity contribution in [3.63, 3.8) is 0 Å². The highest BCUT2D eigenvalue weighted by molar-refractivity contribution is 6.10. The van der Waals surface area contributed by atoms with Gasteiger partial charge in [0.15, 0.2) is 5.88 Å². The number of aliphatic hydroxyl groups is 1. The van der Waals surface area contributed by atoms with Crippen LogP contribution in [0, 0.1) is 5.92 Å². The van der Waals surface area contributed by atoms with Gasteiger partial charge in [0, 0.05) is 35.9 Å². The van der Waals surface area contributed by atoms with Crippen LogP contribution in [0.5, 0.6) is 0 Å². The zero-order valence-corrected chi connectivity index (χ0v) is 18.8. The van der Waals surface area contributed by atoms with Crippen LogP contribution in [-0.4, -0.2) is 29.1 Å². The molecule has 4 nitrogen and oxygen atoms in total. The second-order valence-corrected chi connectivity index (χ2v) is 7.90. The van der Waals surface area contributed by atoms with E-state index in [1.54, 1.807) is 6.08 Å². The lowest BCUT2D eigenvalue weighted by Gasteiger charge is -2.32. The van der Waals surface area contributed by atoms with Gasteiger partial charge in [-0.05, 0) is 56.9 Å². The van der Waals surface area contributed by atoms with Crippen molar-refractivity contribution in [3.05, 3.63) is 97.6 Å². The number of nitrogens with one attached hydrogen (secondary N) is 1. The molecular formula is C27H35N3O. The molecule has 0 fully saturated rings. The van der Waals surface area contributed by atoms with Gasteiger partial charge in [-0.25, -0.2) is 0 Å². The smallest absolute Gasteiger partial charge is 0.176 e. The minimum atomic E-state index is 0.00219. The molecule has 1 heterocycles. The lowest BCUT2D eigenvalue weighted by molar-refractivity contribution is 0.350. The van der Waals surface area contributed by atoms with Gasteiger partial charge in [-0.3, -0.25) is 9.98 Å². The van der Waals surface area contributed by atoms with Gasteiger partial charge in [-0.1, -0.05) is 56.2 Å². The highest BCUT2D eigenvalue weighted by Crippen LogP contribution is 2.38. The van der Waals surface area contributed by atoms with E-state index in [0.717, 1.165) is 35.5 Å². The molecule has 1 aromatic rings. The lowest BCUT2D eigenvalue weighted by atomic mass is 9.78. The molecule has 0 radical (unpaired) electrons. The zero-order valence-electron chi connectivity index (χ0n) is 18.8. The summed E-state index contributed by atoms with van der Waals surface area (Å²) in [6.07, 6.45) is 10.4. The molecule has 0 amide bonds. The van der Waals surface area contributed by atoms with Crippen molar-refractivity contribution in [3.8, 4) is 0 Å². The minimum Gasteiger partial charge on any atom is -0.495 e. The van der Waals surface area contributed by atoms with E-state index in [2.05, 4.69) is 67.0 Å². The first-order chi connectivity index (χ1) is 14.9. The van der Waals surface area contributed by atoms with Gasteiger partial charge in [-0.2, -0.15) is 0 Å². The molecule has 31 heavy (non-hydrogen) atoms. The Morgan fingerprint density at radius 1 is 1.29 bits per heavy atom. The number of benzene rings is 1. The summed E-state index contributed by atoms with van der Waals surface area (Å²) >= 11 is 0. The number of nitrogens with zero attached hydrogens (tertiary/aromatic N) is 2. The monoisotopic (exact) mass is 417 g/mol. The molecule has 1 aliphatic heterocycles. The van der Waals surface area contributed by atoms with Crippen LogP contribution in [0.25, 0.3) is 0 Å². The van der Waals surface area contributed by atoms with Gasteiger partial charge in [0.25, 0.3) is 0 Å². The van der Waals surface area contributed by atoms with Gasteiger partial charge in [0.2, 0.25) is 0 Å². The number of hydrogen-bond acceptors (Lipinski definition) is 4. The Labute approximate surface area is 187 Å². The first-order valence-electron chi connectivity index (χ1n) is 10.8. The summed E-state index contributed by atoms with van der Waals surface area (Å²) in [6.45, 7) is 20.0. The van der Waals surface area contributed by atoms with Gasteiger partial charge < -0.3 is 10.4 Å². The largest absolute Gasteiger partial charge is 0.495 e. The van der Waals surface area contributed by atoms with E-state index < -0.39 is 0 Å². The Balaban J connectivity index is 2.30. The molecule has 0 aliphatic carbocycles. The highest BCUT2D eigenvalue weighted by atomic mass is 16.3. The molecular weight excluding hydrogens is 382 g/mol. The normalized spacial score (nSPS) is 19.3. The van der Waals surface area contributed by atoms with E-state index >= 15 is 0 Å². The van der Waals surface area contributed by atoms with E-state index in [-0.39, 0.29) is 23.8 Å². The molecule has 1 aromatic carbocycles. The summed E-state index contributed by atoms with van der Waals surface area (Å²) in [5.41, 5.74) is 5.04. The predicted octanol–water partition coefficient (Wildman–Crippen LogP) is 6.27. The number of hydrogen-bond donors (Lipinski definition) is 2. The Morgan fingerprint density at radius 3 is 2.68 bits per heavy atom. The van der Waals surface area contributed by atoms with E-state index in [1.165, 1.54) is 5.56 Å². The summed E-state index contributed by atoms with van der Waals surface area (Å²) in [5.74, 6) is 0.541. The van der Waals surface area contributed by atoms with E-state index in [4.69, 9.17) is 4.99 Å². The van der Waals surface area contributed by atoms with Crippen LogP contribution in [0.1, 0.15) is 50.2 Å². The quantitative estimate of drug-likeness (QED) is 0.239. The molecule has 0 bridgehead atoms. The molecule has 164 valence electrons. The summed E-state index contributed by atoms with van der Waals surface area (Å²) in [6, 6.07) is 8.50. The van der Waals surface area contributed by atoms with Gasteiger partial charge in [0.1, 0.15) is 0 Å². The number of fused-ring (bicyclic) bond motifs is 1. The number of aliphatic imine (C=N–C) groups is 2. The fourth-order valence-electron chi connectivity index (χ4n) is 4.06. The second-order valence-electron chi connectivity index (χ2n) is 7.90. The van der Waals surface area contributed by atoms with Crippen molar-refractivity contribution >= 4 is 11.4 Å². The summed E-state index contributed by atoms with van der Waals surface area (Å²) < 4.78 is 0. The third-order valence-electron chi connectivity index (χ3n) is 5.55. The van der Waals surface area contributed by atoms with E-state index in [0.29, 0.717) is 13.0 Å². The van der Waals surface area contributed by atoms with Gasteiger partial charge in [0.05, 0.1) is 11.8 Å². The third-order valence-corrected chi connectivity index (χ3v) is 5.55. The minimum absolute atomic E-state index is 0.00219. The first-order valence-corrected chi connectivity index (χ1v) is 10.8. The number of aliphatic hydroxyl groups excluding tert-OH is 1. The maximum atomic E-state index is 9.42. The molecule has 2 N–H and O–H groups in total. The Kier molecular flexibility index (Phi) is 9.26. The van der Waals surface area contributed by atoms with Gasteiger partial charge in [-0.15, -0.1) is 0 Å². The van der Waals surface area contributed by atoms with Crippen LogP contribution in [0.3, 0.4) is 0 Å². The number of rotatable bonds is 12. The maximum absolute atomic E-state index is 9.42. The number of allylic oxidation sites excluding steroid dienone is 3. The fourth-order valence-corrected chi connectivity index (χ4v) is 4.06. The molecule has 0 saturated carbocycles. The summed E-state index contributed by atoms with van der Waals surface area (Å²) in [5, 5.41) is 12.4. The summed E-state index contributed by atoms with van der Waals surface area (Å²) in [4.78, 5) is 9.60. The van der Waals surface area contributed by atoms with E-state index in [1.807, 2.05) is 26.0 Å². The molecule has 1 aliphatic rings. The van der Waals surface area contributed by atoms with Crippen molar-refractivity contribution < 1.29 is 5.11 Å². The van der Waals surface area contributed by atoms with Crippen LogP contribution in [0.15, 0.2) is 96.5 Å². The maximum Gasteiger partial charge on any atom is 0.176 e. The van der Waals surface area contributed by atoms with Crippen molar-refractivity contribution in [2.24, 2.45) is 15.9 Å². The fraction of sp³-hybridized carbons (Fsp3) is 0.333. The van der Waals surface area contributed by atoms with Crippen LogP contribution in [0.4, 0.5) is 0 Å². The Morgan fingerprint density at radius 2 is 2.03 bits per heavy atom. The molecule has 3 unspecified atom stereocenters. The predicted molar refractivity (Wildman–Crippen MR) is 134 cm³/mol. The SMILES string of the molecule is C=CC1=NC(CC(=C)/N=C(\C)C=C)C(CCC(/C=C\C)CNC(=C)O)c2ccccc21. The van der Waals surface area contributed by atoms with Crippen molar-refractivity contribution in [2.45, 2.75) is 45.1 Å². The van der Waals surface area contributed by atoms with Crippen LogP contribution < -0.4 is 5.32 Å². The van der Waals surface area contributed by atoms with Crippen LogP contribution in [-0.2, 0) is 0 Å².